The molecule has 1 heterocycles. The van der Waals surface area contributed by atoms with E-state index in [2.05, 4.69) is 15.3 Å². The average molecular weight is 417 g/mol. The van der Waals surface area contributed by atoms with Crippen LogP contribution in [0.3, 0.4) is 0 Å². The van der Waals surface area contributed by atoms with Crippen molar-refractivity contribution in [3.05, 3.63) is 94.8 Å². The monoisotopic (exact) mass is 416 g/mol. The minimum absolute atomic E-state index is 0.403. The van der Waals surface area contributed by atoms with E-state index in [1.54, 1.807) is 18.0 Å². The fourth-order valence-electron chi connectivity index (χ4n) is 2.97. The fourth-order valence-corrected chi connectivity index (χ4v) is 3.15. The molecule has 0 radical (unpaired) electrons. The molecule has 30 heavy (non-hydrogen) atoms. The summed E-state index contributed by atoms with van der Waals surface area (Å²) in [5.74, 6) is 1.88. The van der Waals surface area contributed by atoms with Crippen molar-refractivity contribution < 1.29 is 9.47 Å². The summed E-state index contributed by atoms with van der Waals surface area (Å²) in [6.07, 6.45) is 1.70. The first kappa shape index (κ1) is 19.6. The van der Waals surface area contributed by atoms with E-state index in [1.165, 1.54) is 0 Å². The van der Waals surface area contributed by atoms with Crippen LogP contribution < -0.4 is 9.47 Å². The Morgan fingerprint density at radius 3 is 2.47 bits per heavy atom. The summed E-state index contributed by atoms with van der Waals surface area (Å²) in [6.45, 7) is 0.419. The number of aromatic nitrogens is 3. The zero-order valence-corrected chi connectivity index (χ0v) is 17.2. The molecule has 0 atom stereocenters. The van der Waals surface area contributed by atoms with Gasteiger partial charge in [0.1, 0.15) is 6.61 Å². The highest BCUT2D eigenvalue weighted by atomic mass is 32.1. The third kappa shape index (κ3) is 4.31. The van der Waals surface area contributed by atoms with Gasteiger partial charge in [0.15, 0.2) is 17.3 Å². The normalized spacial score (nSPS) is 11.0. The number of methoxy groups -OCH3 is 1. The lowest BCUT2D eigenvalue weighted by molar-refractivity contribution is 0.284. The van der Waals surface area contributed by atoms with Crippen molar-refractivity contribution in [3.63, 3.8) is 0 Å². The summed E-state index contributed by atoms with van der Waals surface area (Å²) in [7, 11) is 1.62. The molecule has 6 nitrogen and oxygen atoms in total. The Hall–Kier alpha value is -3.71. The van der Waals surface area contributed by atoms with Crippen molar-refractivity contribution in [2.45, 2.75) is 6.61 Å². The molecule has 1 aromatic heterocycles. The van der Waals surface area contributed by atoms with Crippen LogP contribution in [0.2, 0.25) is 0 Å². The number of benzene rings is 3. The predicted molar refractivity (Wildman–Crippen MR) is 120 cm³/mol. The van der Waals surface area contributed by atoms with Crippen molar-refractivity contribution in [1.29, 1.82) is 0 Å². The van der Waals surface area contributed by atoms with E-state index in [1.807, 2.05) is 78.9 Å². The van der Waals surface area contributed by atoms with Gasteiger partial charge in [0.05, 0.1) is 13.3 Å². The highest BCUT2D eigenvalue weighted by molar-refractivity contribution is 7.71. The van der Waals surface area contributed by atoms with Crippen molar-refractivity contribution in [1.82, 2.24) is 14.9 Å². The molecule has 4 aromatic rings. The first-order valence-corrected chi connectivity index (χ1v) is 9.78. The minimum atomic E-state index is 0.403. The van der Waals surface area contributed by atoms with Gasteiger partial charge in [0.25, 0.3) is 0 Å². The van der Waals surface area contributed by atoms with Crippen molar-refractivity contribution >= 4 is 18.4 Å². The number of nitrogens with one attached hydrogen (secondary N) is 1. The SMILES string of the molecule is COc1cccc(/C=N\n2c(-c3ccccc3)n[nH]c2=S)c1OCc1ccccc1. The molecule has 0 saturated heterocycles. The van der Waals surface area contributed by atoms with Crippen molar-refractivity contribution in [2.75, 3.05) is 7.11 Å². The lowest BCUT2D eigenvalue weighted by Crippen LogP contribution is -2.02. The van der Waals surface area contributed by atoms with Crippen molar-refractivity contribution in [3.8, 4) is 22.9 Å². The predicted octanol–water partition coefficient (Wildman–Crippen LogP) is 5.08. The number of para-hydroxylation sites is 1. The average Bonchev–Trinajstić information content (AvgIpc) is 3.17. The second-order valence-electron chi connectivity index (χ2n) is 6.43. The summed E-state index contributed by atoms with van der Waals surface area (Å²) >= 11 is 5.36. The summed E-state index contributed by atoms with van der Waals surface area (Å²) in [4.78, 5) is 0. The van der Waals surface area contributed by atoms with Crippen LogP contribution in [0.1, 0.15) is 11.1 Å². The Morgan fingerprint density at radius 1 is 1.00 bits per heavy atom. The van der Waals surface area contributed by atoms with Crippen LogP contribution in [0.4, 0.5) is 0 Å². The summed E-state index contributed by atoms with van der Waals surface area (Å²) in [5, 5.41) is 11.7. The summed E-state index contributed by atoms with van der Waals surface area (Å²) in [6, 6.07) is 25.4. The molecule has 0 aliphatic heterocycles. The Morgan fingerprint density at radius 2 is 1.73 bits per heavy atom. The number of H-pyrrole nitrogens is 1. The van der Waals surface area contributed by atoms with E-state index in [0.717, 1.165) is 16.7 Å². The van der Waals surface area contributed by atoms with E-state index >= 15 is 0 Å². The van der Waals surface area contributed by atoms with E-state index in [9.17, 15) is 0 Å². The van der Waals surface area contributed by atoms with Crippen LogP contribution in [0.25, 0.3) is 11.4 Å². The molecule has 1 N–H and O–H groups in total. The number of rotatable bonds is 7. The zero-order valence-electron chi connectivity index (χ0n) is 16.4. The zero-order chi connectivity index (χ0) is 20.8. The van der Waals surface area contributed by atoms with Crippen LogP contribution in [0.15, 0.2) is 84.0 Å². The number of hydrogen-bond acceptors (Lipinski definition) is 5. The molecule has 4 rings (SSSR count). The molecule has 3 aromatic carbocycles. The molecular formula is C23H20N4O2S. The summed E-state index contributed by atoms with van der Waals surface area (Å²) < 4.78 is 13.6. The molecule has 150 valence electrons. The molecule has 0 saturated carbocycles. The lowest BCUT2D eigenvalue weighted by Gasteiger charge is -2.13. The maximum Gasteiger partial charge on any atom is 0.216 e. The quantitative estimate of drug-likeness (QED) is 0.337. The molecule has 0 amide bonds. The maximum absolute atomic E-state index is 6.09. The topological polar surface area (TPSA) is 64.4 Å². The van der Waals surface area contributed by atoms with Gasteiger partial charge in [-0.2, -0.15) is 14.9 Å². The van der Waals surface area contributed by atoms with Gasteiger partial charge in [-0.05, 0) is 29.9 Å². The van der Waals surface area contributed by atoms with Gasteiger partial charge in [0.2, 0.25) is 4.77 Å². The van der Waals surface area contributed by atoms with Gasteiger partial charge in [-0.25, -0.2) is 5.10 Å². The highest BCUT2D eigenvalue weighted by Gasteiger charge is 2.11. The minimum Gasteiger partial charge on any atom is -0.493 e. The Bertz CT molecular complexity index is 1200. The number of ether oxygens (including phenoxy) is 2. The number of nitrogens with zero attached hydrogens (tertiary/aromatic N) is 3. The molecule has 7 heteroatoms. The van der Waals surface area contributed by atoms with Gasteiger partial charge in [-0.3, -0.25) is 0 Å². The smallest absolute Gasteiger partial charge is 0.216 e. The van der Waals surface area contributed by atoms with Crippen molar-refractivity contribution in [2.24, 2.45) is 5.10 Å². The fraction of sp³-hybridized carbons (Fsp3) is 0.0870. The second-order valence-corrected chi connectivity index (χ2v) is 6.81. The van der Waals surface area contributed by atoms with Gasteiger partial charge in [-0.15, -0.1) is 0 Å². The highest BCUT2D eigenvalue weighted by Crippen LogP contribution is 2.31. The van der Waals surface area contributed by atoms with Crippen LogP contribution in [-0.4, -0.2) is 28.2 Å². The van der Waals surface area contributed by atoms with Crippen LogP contribution in [-0.2, 0) is 6.61 Å². The largest absolute Gasteiger partial charge is 0.493 e. The van der Waals surface area contributed by atoms with Crippen LogP contribution in [0.5, 0.6) is 11.5 Å². The molecule has 0 bridgehead atoms. The molecular weight excluding hydrogens is 396 g/mol. The van der Waals surface area contributed by atoms with Crippen LogP contribution in [0, 0.1) is 4.77 Å². The van der Waals surface area contributed by atoms with E-state index in [0.29, 0.717) is 28.7 Å². The lowest BCUT2D eigenvalue weighted by atomic mass is 10.2. The van der Waals surface area contributed by atoms with Gasteiger partial charge in [0, 0.05) is 11.1 Å². The third-order valence-corrected chi connectivity index (χ3v) is 4.71. The number of hydrogen-bond donors (Lipinski definition) is 1. The van der Waals surface area contributed by atoms with Gasteiger partial charge >= 0.3 is 0 Å². The second kappa shape index (κ2) is 9.19. The molecule has 0 aliphatic carbocycles. The molecule has 0 spiro atoms. The van der Waals surface area contributed by atoms with E-state index < -0.39 is 0 Å². The Kier molecular flexibility index (Phi) is 6.01. The van der Waals surface area contributed by atoms with E-state index in [4.69, 9.17) is 21.7 Å². The third-order valence-electron chi connectivity index (χ3n) is 4.45. The summed E-state index contributed by atoms with van der Waals surface area (Å²) in [5.41, 5.74) is 2.75. The van der Waals surface area contributed by atoms with Gasteiger partial charge < -0.3 is 9.47 Å². The Labute approximate surface area is 179 Å². The Balaban J connectivity index is 1.66. The molecule has 0 fully saturated rings. The number of aromatic amines is 1. The molecule has 0 aliphatic rings. The van der Waals surface area contributed by atoms with Crippen LogP contribution >= 0.6 is 12.2 Å². The first-order valence-electron chi connectivity index (χ1n) is 9.37. The molecule has 0 unspecified atom stereocenters. The maximum atomic E-state index is 6.09. The standard InChI is InChI=1S/C23H20N4O2S/c1-28-20-14-8-13-19(21(20)29-16-17-9-4-2-5-10-17)15-24-27-22(25-26-23(27)30)18-11-6-3-7-12-18/h2-15H,16H2,1H3,(H,26,30)/b24-15-. The first-order chi connectivity index (χ1) is 14.8. The van der Waals surface area contributed by atoms with E-state index in [-0.39, 0.29) is 0 Å². The van der Waals surface area contributed by atoms with Gasteiger partial charge in [-0.1, -0.05) is 66.7 Å².